The number of nitrogens with one attached hydrogen (secondary N) is 1. The molecule has 1 aromatic carbocycles. The van der Waals surface area contributed by atoms with Gasteiger partial charge in [0.15, 0.2) is 5.58 Å². The highest BCUT2D eigenvalue weighted by atomic mass is 16.4. The number of para-hydroxylation sites is 2. The van der Waals surface area contributed by atoms with Crippen molar-refractivity contribution in [2.45, 2.75) is 13.8 Å². The zero-order valence-electron chi connectivity index (χ0n) is 17.9. The molecule has 162 valence electrons. The maximum Gasteiger partial charge on any atom is 0.302 e. The number of aromatic nitrogens is 4. The maximum absolute atomic E-state index is 13.2. The lowest BCUT2D eigenvalue weighted by Crippen LogP contribution is -2.49. The van der Waals surface area contributed by atoms with E-state index < -0.39 is 0 Å². The number of pyridine rings is 1. The van der Waals surface area contributed by atoms with Crippen LogP contribution in [0.1, 0.15) is 21.7 Å². The molecule has 32 heavy (non-hydrogen) atoms. The number of amides is 1. The maximum atomic E-state index is 13.2. The van der Waals surface area contributed by atoms with Crippen molar-refractivity contribution < 1.29 is 9.21 Å². The van der Waals surface area contributed by atoms with Gasteiger partial charge in [-0.3, -0.25) is 10.1 Å². The van der Waals surface area contributed by atoms with E-state index in [1.54, 1.807) is 6.20 Å². The van der Waals surface area contributed by atoms with Gasteiger partial charge >= 0.3 is 6.01 Å². The van der Waals surface area contributed by atoms with Crippen LogP contribution in [0, 0.1) is 13.8 Å². The summed E-state index contributed by atoms with van der Waals surface area (Å²) in [5.74, 6) is 1.24. The SMILES string of the molecule is Cc1nc(Nc2nc3ccccc3o2)nc(C)c1C(=O)N1CCN(c2ccccn2)CC1. The number of carbonyl (C=O) groups is 1. The number of oxazole rings is 1. The molecule has 0 bridgehead atoms. The first-order valence-electron chi connectivity index (χ1n) is 10.5. The summed E-state index contributed by atoms with van der Waals surface area (Å²) < 4.78 is 5.68. The minimum Gasteiger partial charge on any atom is -0.423 e. The highest BCUT2D eigenvalue weighted by Gasteiger charge is 2.26. The molecule has 5 rings (SSSR count). The Kier molecular flexibility index (Phi) is 5.14. The molecule has 1 aliphatic heterocycles. The summed E-state index contributed by atoms with van der Waals surface area (Å²) in [4.78, 5) is 35.0. The Morgan fingerprint density at radius 2 is 1.66 bits per heavy atom. The second-order valence-electron chi connectivity index (χ2n) is 7.67. The fourth-order valence-corrected chi connectivity index (χ4v) is 3.94. The van der Waals surface area contributed by atoms with Crippen LogP contribution in [-0.2, 0) is 0 Å². The summed E-state index contributed by atoms with van der Waals surface area (Å²) in [6.45, 7) is 6.36. The molecule has 0 unspecified atom stereocenters. The summed E-state index contributed by atoms with van der Waals surface area (Å²) >= 11 is 0. The van der Waals surface area contributed by atoms with E-state index >= 15 is 0 Å². The molecule has 9 heteroatoms. The van der Waals surface area contributed by atoms with Crippen LogP contribution in [0.2, 0.25) is 0 Å². The molecule has 1 saturated heterocycles. The van der Waals surface area contributed by atoms with E-state index in [1.807, 2.05) is 61.2 Å². The van der Waals surface area contributed by atoms with Crippen LogP contribution >= 0.6 is 0 Å². The molecule has 1 fully saturated rings. The third-order valence-corrected chi connectivity index (χ3v) is 5.54. The number of carbonyl (C=O) groups excluding carboxylic acids is 1. The zero-order valence-corrected chi connectivity index (χ0v) is 17.9. The van der Waals surface area contributed by atoms with Crippen LogP contribution in [0.25, 0.3) is 11.1 Å². The van der Waals surface area contributed by atoms with E-state index in [0.29, 0.717) is 47.6 Å². The molecule has 0 atom stereocenters. The zero-order chi connectivity index (χ0) is 22.1. The van der Waals surface area contributed by atoms with Crippen molar-refractivity contribution in [1.82, 2.24) is 24.8 Å². The lowest BCUT2D eigenvalue weighted by atomic mass is 10.1. The fraction of sp³-hybridized carbons (Fsp3) is 0.261. The molecule has 4 heterocycles. The lowest BCUT2D eigenvalue weighted by molar-refractivity contribution is 0.0744. The van der Waals surface area contributed by atoms with Gasteiger partial charge < -0.3 is 14.2 Å². The standard InChI is InChI=1S/C23H23N7O2/c1-15-20(21(31)30-13-11-29(12-14-30)19-9-5-6-10-24-19)16(2)26-22(25-15)28-23-27-17-7-3-4-8-18(17)32-23/h3-10H,11-14H2,1-2H3,(H,25,26,27,28). The number of fused-ring (bicyclic) bond motifs is 1. The molecular weight excluding hydrogens is 406 g/mol. The molecule has 1 aliphatic rings. The van der Waals surface area contributed by atoms with Gasteiger partial charge in [0.05, 0.1) is 17.0 Å². The first-order valence-corrected chi connectivity index (χ1v) is 10.5. The summed E-state index contributed by atoms with van der Waals surface area (Å²) in [7, 11) is 0. The van der Waals surface area contributed by atoms with Gasteiger partial charge in [-0.2, -0.15) is 4.98 Å². The van der Waals surface area contributed by atoms with Gasteiger partial charge in [-0.1, -0.05) is 18.2 Å². The molecule has 0 saturated carbocycles. The number of hydrogen-bond acceptors (Lipinski definition) is 8. The Bertz CT molecular complexity index is 1210. The van der Waals surface area contributed by atoms with Crippen molar-refractivity contribution in [2.75, 3.05) is 36.4 Å². The molecule has 3 aromatic heterocycles. The molecule has 1 amide bonds. The van der Waals surface area contributed by atoms with Crippen molar-refractivity contribution in [3.63, 3.8) is 0 Å². The van der Waals surface area contributed by atoms with Crippen LogP contribution in [0.3, 0.4) is 0 Å². The number of aryl methyl sites for hydroxylation is 2. The minimum absolute atomic E-state index is 0.0471. The smallest absolute Gasteiger partial charge is 0.302 e. The summed E-state index contributed by atoms with van der Waals surface area (Å²) in [5.41, 5.74) is 3.21. The van der Waals surface area contributed by atoms with E-state index in [0.717, 1.165) is 24.4 Å². The highest BCUT2D eigenvalue weighted by Crippen LogP contribution is 2.22. The van der Waals surface area contributed by atoms with E-state index in [-0.39, 0.29) is 5.91 Å². The van der Waals surface area contributed by atoms with Crippen molar-refractivity contribution >= 4 is 34.8 Å². The van der Waals surface area contributed by atoms with Crippen LogP contribution in [0.5, 0.6) is 0 Å². The van der Waals surface area contributed by atoms with Crippen LogP contribution < -0.4 is 10.2 Å². The van der Waals surface area contributed by atoms with Crippen molar-refractivity contribution in [3.8, 4) is 0 Å². The van der Waals surface area contributed by atoms with E-state index in [4.69, 9.17) is 4.42 Å². The number of nitrogens with zero attached hydrogens (tertiary/aromatic N) is 6. The number of piperazine rings is 1. The molecule has 0 aliphatic carbocycles. The summed E-state index contributed by atoms with van der Waals surface area (Å²) in [6.07, 6.45) is 1.79. The van der Waals surface area contributed by atoms with Crippen molar-refractivity contribution in [1.29, 1.82) is 0 Å². The van der Waals surface area contributed by atoms with Crippen LogP contribution in [0.4, 0.5) is 17.8 Å². The fourth-order valence-electron chi connectivity index (χ4n) is 3.94. The molecular formula is C23H23N7O2. The Morgan fingerprint density at radius 3 is 2.34 bits per heavy atom. The predicted octanol–water partition coefficient (Wildman–Crippen LogP) is 3.34. The number of rotatable bonds is 4. The van der Waals surface area contributed by atoms with Gasteiger partial charge in [-0.25, -0.2) is 15.0 Å². The third-order valence-electron chi connectivity index (χ3n) is 5.54. The van der Waals surface area contributed by atoms with Gasteiger partial charge in [-0.05, 0) is 38.1 Å². The van der Waals surface area contributed by atoms with Crippen LogP contribution in [0.15, 0.2) is 53.1 Å². The summed E-state index contributed by atoms with van der Waals surface area (Å²) in [5, 5.41) is 3.01. The van der Waals surface area contributed by atoms with Crippen LogP contribution in [-0.4, -0.2) is 56.9 Å². The van der Waals surface area contributed by atoms with Gasteiger partial charge in [0, 0.05) is 32.4 Å². The van der Waals surface area contributed by atoms with E-state index in [1.165, 1.54) is 0 Å². The molecule has 0 spiro atoms. The molecule has 4 aromatic rings. The third kappa shape index (κ3) is 3.84. The Morgan fingerprint density at radius 1 is 0.938 bits per heavy atom. The van der Waals surface area contributed by atoms with Gasteiger partial charge in [-0.15, -0.1) is 0 Å². The highest BCUT2D eigenvalue weighted by molar-refractivity contribution is 5.96. The Labute approximate surface area is 185 Å². The predicted molar refractivity (Wildman–Crippen MR) is 121 cm³/mol. The quantitative estimate of drug-likeness (QED) is 0.527. The largest absolute Gasteiger partial charge is 0.423 e. The minimum atomic E-state index is -0.0471. The molecule has 0 radical (unpaired) electrons. The number of hydrogen-bond donors (Lipinski definition) is 1. The van der Waals surface area contributed by atoms with Crippen molar-refractivity contribution in [3.05, 3.63) is 65.6 Å². The average Bonchev–Trinajstić information content (AvgIpc) is 3.21. The normalized spacial score (nSPS) is 14.1. The van der Waals surface area contributed by atoms with Gasteiger partial charge in [0.2, 0.25) is 5.95 Å². The average molecular weight is 429 g/mol. The van der Waals surface area contributed by atoms with Crippen molar-refractivity contribution in [2.24, 2.45) is 0 Å². The first kappa shape index (κ1) is 19.9. The van der Waals surface area contributed by atoms with Gasteiger partial charge in [0.25, 0.3) is 5.91 Å². The second kappa shape index (κ2) is 8.26. The summed E-state index contributed by atoms with van der Waals surface area (Å²) in [6, 6.07) is 13.7. The number of anilines is 3. The molecule has 1 N–H and O–H groups in total. The lowest BCUT2D eigenvalue weighted by Gasteiger charge is -2.35. The van der Waals surface area contributed by atoms with E-state index in [2.05, 4.69) is 30.2 Å². The van der Waals surface area contributed by atoms with Gasteiger partial charge in [0.1, 0.15) is 11.3 Å². The number of benzene rings is 1. The Balaban J connectivity index is 1.30. The molecule has 9 nitrogen and oxygen atoms in total. The topological polar surface area (TPSA) is 100 Å². The monoisotopic (exact) mass is 429 g/mol. The van der Waals surface area contributed by atoms with E-state index in [9.17, 15) is 4.79 Å². The Hall–Kier alpha value is -4.01. The first-order chi connectivity index (χ1) is 15.6. The second-order valence-corrected chi connectivity index (χ2v) is 7.67.